The first-order valence-electron chi connectivity index (χ1n) is 7.85. The molecule has 0 atom stereocenters. The van der Waals surface area contributed by atoms with Gasteiger partial charge in [0.2, 0.25) is 0 Å². The summed E-state index contributed by atoms with van der Waals surface area (Å²) in [5.41, 5.74) is 2.20. The average Bonchev–Trinajstić information content (AvgIpc) is 3.05. The summed E-state index contributed by atoms with van der Waals surface area (Å²) in [6.07, 6.45) is 1.87. The number of hydrogen-bond acceptors (Lipinski definition) is 3. The second-order valence-electron chi connectivity index (χ2n) is 5.40. The lowest BCUT2D eigenvalue weighted by atomic mass is 10.3. The Morgan fingerprint density at radius 1 is 1.38 bits per heavy atom. The summed E-state index contributed by atoms with van der Waals surface area (Å²) in [6, 6.07) is 1.86. The third-order valence-electron chi connectivity index (χ3n) is 3.78. The molecule has 132 valence electrons. The molecule has 2 heterocycles. The van der Waals surface area contributed by atoms with E-state index in [0.717, 1.165) is 36.0 Å². The van der Waals surface area contributed by atoms with Gasteiger partial charge >= 0.3 is 0 Å². The third kappa shape index (κ3) is 4.65. The summed E-state index contributed by atoms with van der Waals surface area (Å²) < 4.78 is 1.86. The second kappa shape index (κ2) is 8.74. The Morgan fingerprint density at radius 3 is 2.67 bits per heavy atom. The Labute approximate surface area is 157 Å². The van der Waals surface area contributed by atoms with Crippen molar-refractivity contribution in [3.63, 3.8) is 0 Å². The molecule has 0 saturated heterocycles. The zero-order valence-electron chi connectivity index (χ0n) is 14.4. The third-order valence-corrected chi connectivity index (χ3v) is 5.69. The van der Waals surface area contributed by atoms with Crippen molar-refractivity contribution < 1.29 is 0 Å². The molecule has 2 rings (SSSR count). The van der Waals surface area contributed by atoms with Crippen LogP contribution in [0.3, 0.4) is 0 Å². The van der Waals surface area contributed by atoms with Gasteiger partial charge in [0.25, 0.3) is 0 Å². The minimum atomic E-state index is 0.544. The van der Waals surface area contributed by atoms with E-state index in [4.69, 9.17) is 23.2 Å². The van der Waals surface area contributed by atoms with Crippen LogP contribution in [0, 0.1) is 6.92 Å². The maximum atomic E-state index is 6.08. The lowest BCUT2D eigenvalue weighted by molar-refractivity contribution is 0.745. The molecule has 0 fully saturated rings. The molecule has 0 radical (unpaired) electrons. The minimum absolute atomic E-state index is 0.544. The first kappa shape index (κ1) is 19.1. The Morgan fingerprint density at radius 2 is 2.12 bits per heavy atom. The summed E-state index contributed by atoms with van der Waals surface area (Å²) >= 11 is 13.9. The molecule has 2 N–H and O–H groups in total. The Hall–Kier alpha value is -1.24. The van der Waals surface area contributed by atoms with E-state index in [0.29, 0.717) is 16.7 Å². The van der Waals surface area contributed by atoms with Crippen LogP contribution >= 0.6 is 34.5 Å². The molecule has 0 unspecified atom stereocenters. The SMILES string of the molecule is CCc1nc(CCNC(=NC)NCc2cc(Cl)c(Cl)n2C)sc1C. The van der Waals surface area contributed by atoms with Crippen LogP contribution in [0.1, 0.15) is 28.2 Å². The Bertz CT molecular complexity index is 720. The van der Waals surface area contributed by atoms with Gasteiger partial charge in [-0.05, 0) is 19.4 Å². The molecule has 2 aromatic heterocycles. The van der Waals surface area contributed by atoms with Crippen LogP contribution in [0.2, 0.25) is 10.2 Å². The van der Waals surface area contributed by atoms with Crippen LogP contribution in [-0.2, 0) is 26.4 Å². The Balaban J connectivity index is 1.83. The number of guanidine groups is 1. The fraction of sp³-hybridized carbons (Fsp3) is 0.500. The zero-order chi connectivity index (χ0) is 17.7. The van der Waals surface area contributed by atoms with E-state index < -0.39 is 0 Å². The van der Waals surface area contributed by atoms with Gasteiger partial charge in [-0.15, -0.1) is 11.3 Å². The number of rotatable bonds is 6. The van der Waals surface area contributed by atoms with Crippen molar-refractivity contribution in [1.29, 1.82) is 0 Å². The van der Waals surface area contributed by atoms with E-state index in [1.807, 2.05) is 17.7 Å². The van der Waals surface area contributed by atoms with Crippen LogP contribution in [-0.4, -0.2) is 29.1 Å². The minimum Gasteiger partial charge on any atom is -0.356 e. The van der Waals surface area contributed by atoms with E-state index in [1.165, 1.54) is 10.6 Å². The fourth-order valence-corrected chi connectivity index (χ4v) is 3.80. The van der Waals surface area contributed by atoms with Crippen LogP contribution in [0.5, 0.6) is 0 Å². The standard InChI is InChI=1S/C16H23Cl2N5S/c1-5-13-10(2)24-14(22-13)6-7-20-16(19-3)21-9-11-8-12(17)15(18)23(11)4/h8H,5-7,9H2,1-4H3,(H2,19,20,21). The van der Waals surface area contributed by atoms with E-state index in [1.54, 1.807) is 18.4 Å². The van der Waals surface area contributed by atoms with Crippen molar-refractivity contribution in [2.45, 2.75) is 33.2 Å². The van der Waals surface area contributed by atoms with Gasteiger partial charge in [0, 0.05) is 37.6 Å². The van der Waals surface area contributed by atoms with Gasteiger partial charge in [-0.2, -0.15) is 0 Å². The van der Waals surface area contributed by atoms with Gasteiger partial charge in [-0.25, -0.2) is 4.98 Å². The number of hydrogen-bond donors (Lipinski definition) is 2. The smallest absolute Gasteiger partial charge is 0.191 e. The summed E-state index contributed by atoms with van der Waals surface area (Å²) in [5, 5.41) is 8.84. The van der Waals surface area contributed by atoms with Gasteiger partial charge in [-0.3, -0.25) is 4.99 Å². The molecular formula is C16H23Cl2N5S. The number of aliphatic imine (C=N–C) groups is 1. The molecular weight excluding hydrogens is 365 g/mol. The van der Waals surface area contributed by atoms with E-state index in [-0.39, 0.29) is 0 Å². The van der Waals surface area contributed by atoms with Crippen molar-refractivity contribution >= 4 is 40.5 Å². The molecule has 0 aliphatic rings. The summed E-state index contributed by atoms with van der Waals surface area (Å²) in [4.78, 5) is 10.2. The molecule has 8 heteroatoms. The number of aromatic nitrogens is 2. The topological polar surface area (TPSA) is 54.2 Å². The highest BCUT2D eigenvalue weighted by Gasteiger charge is 2.10. The highest BCUT2D eigenvalue weighted by Crippen LogP contribution is 2.24. The van der Waals surface area contributed by atoms with Gasteiger partial charge in [0.1, 0.15) is 5.15 Å². The summed E-state index contributed by atoms with van der Waals surface area (Å²) in [5.74, 6) is 0.743. The monoisotopic (exact) mass is 387 g/mol. The van der Waals surface area contributed by atoms with Crippen LogP contribution in [0.15, 0.2) is 11.1 Å². The lowest BCUT2D eigenvalue weighted by Gasteiger charge is -2.12. The summed E-state index contributed by atoms with van der Waals surface area (Å²) in [6.45, 7) is 5.64. The highest BCUT2D eigenvalue weighted by molar-refractivity contribution is 7.11. The van der Waals surface area contributed by atoms with Gasteiger partial charge in [-0.1, -0.05) is 30.1 Å². The van der Waals surface area contributed by atoms with Crippen LogP contribution in [0.25, 0.3) is 0 Å². The number of nitrogens with zero attached hydrogens (tertiary/aromatic N) is 3. The quantitative estimate of drug-likeness (QED) is 0.588. The average molecular weight is 388 g/mol. The van der Waals surface area contributed by atoms with Crippen molar-refractivity contribution in [1.82, 2.24) is 20.2 Å². The molecule has 24 heavy (non-hydrogen) atoms. The maximum Gasteiger partial charge on any atom is 0.191 e. The predicted molar refractivity (Wildman–Crippen MR) is 104 cm³/mol. The largest absolute Gasteiger partial charge is 0.356 e. The number of nitrogens with one attached hydrogen (secondary N) is 2. The molecule has 2 aromatic rings. The van der Waals surface area contributed by atoms with Gasteiger partial charge in [0.05, 0.1) is 22.3 Å². The van der Waals surface area contributed by atoms with Gasteiger partial charge < -0.3 is 15.2 Å². The normalized spacial score (nSPS) is 11.8. The molecule has 0 bridgehead atoms. The lowest BCUT2D eigenvalue weighted by Crippen LogP contribution is -2.38. The molecule has 0 aliphatic heterocycles. The number of aryl methyl sites for hydroxylation is 2. The summed E-state index contributed by atoms with van der Waals surface area (Å²) in [7, 11) is 3.64. The molecule has 0 amide bonds. The van der Waals surface area contributed by atoms with Crippen molar-refractivity contribution in [2.24, 2.45) is 12.0 Å². The van der Waals surface area contributed by atoms with Crippen LogP contribution in [0.4, 0.5) is 0 Å². The highest BCUT2D eigenvalue weighted by atomic mass is 35.5. The maximum absolute atomic E-state index is 6.08. The molecule has 0 aromatic carbocycles. The predicted octanol–water partition coefficient (Wildman–Crippen LogP) is 3.57. The molecule has 5 nitrogen and oxygen atoms in total. The van der Waals surface area contributed by atoms with Crippen molar-refractivity contribution in [3.8, 4) is 0 Å². The molecule has 0 aliphatic carbocycles. The molecule has 0 spiro atoms. The number of halogens is 2. The Kier molecular flexibility index (Phi) is 6.95. The van der Waals surface area contributed by atoms with Crippen LogP contribution < -0.4 is 10.6 Å². The van der Waals surface area contributed by atoms with Crippen molar-refractivity contribution in [2.75, 3.05) is 13.6 Å². The fourth-order valence-electron chi connectivity index (χ4n) is 2.36. The number of thiazole rings is 1. The van der Waals surface area contributed by atoms with E-state index >= 15 is 0 Å². The van der Waals surface area contributed by atoms with Crippen molar-refractivity contribution in [3.05, 3.63) is 37.5 Å². The van der Waals surface area contributed by atoms with Gasteiger partial charge in [0.15, 0.2) is 5.96 Å². The zero-order valence-corrected chi connectivity index (χ0v) is 16.7. The first-order chi connectivity index (χ1) is 11.5. The van der Waals surface area contributed by atoms with E-state index in [9.17, 15) is 0 Å². The second-order valence-corrected chi connectivity index (χ2v) is 7.45. The molecule has 0 saturated carbocycles. The van der Waals surface area contributed by atoms with E-state index in [2.05, 4.69) is 34.5 Å². The first-order valence-corrected chi connectivity index (χ1v) is 9.42.